The van der Waals surface area contributed by atoms with Gasteiger partial charge < -0.3 is 5.11 Å². The lowest BCUT2D eigenvalue weighted by atomic mass is 9.84. The van der Waals surface area contributed by atoms with Gasteiger partial charge in [0.1, 0.15) is 0 Å². The van der Waals surface area contributed by atoms with Crippen molar-refractivity contribution in [2.75, 3.05) is 12.3 Å². The number of carbonyl (C=O) groups is 1. The van der Waals surface area contributed by atoms with Crippen LogP contribution in [0.2, 0.25) is 0 Å². The number of carboxylic acids is 1. The van der Waals surface area contributed by atoms with Crippen LogP contribution in [0.1, 0.15) is 32.1 Å². The second-order valence-electron chi connectivity index (χ2n) is 4.58. The smallest absolute Gasteiger partial charge is 0.308 e. The van der Waals surface area contributed by atoms with Gasteiger partial charge in [-0.1, -0.05) is 12.8 Å². The molecule has 2 atom stereocenters. The predicted octanol–water partition coefficient (Wildman–Crippen LogP) is 0.665. The monoisotopic (exact) mass is 247 g/mol. The van der Waals surface area contributed by atoms with Gasteiger partial charge in [0.25, 0.3) is 0 Å². The fourth-order valence-corrected chi connectivity index (χ4v) is 4.58. The topological polar surface area (TPSA) is 74.7 Å². The van der Waals surface area contributed by atoms with Crippen molar-refractivity contribution in [2.45, 2.75) is 38.1 Å². The molecule has 16 heavy (non-hydrogen) atoms. The van der Waals surface area contributed by atoms with E-state index in [0.29, 0.717) is 25.8 Å². The maximum absolute atomic E-state index is 11.8. The Labute approximate surface area is 95.5 Å². The van der Waals surface area contributed by atoms with Crippen LogP contribution in [0.3, 0.4) is 0 Å². The van der Waals surface area contributed by atoms with Crippen LogP contribution in [0, 0.1) is 5.92 Å². The van der Waals surface area contributed by atoms with E-state index in [1.807, 2.05) is 0 Å². The Kier molecular flexibility index (Phi) is 3.21. The first kappa shape index (κ1) is 11.9. The highest BCUT2D eigenvalue weighted by molar-refractivity contribution is 7.89. The summed E-state index contributed by atoms with van der Waals surface area (Å²) < 4.78 is 25.0. The van der Waals surface area contributed by atoms with E-state index in [9.17, 15) is 13.2 Å². The molecule has 1 saturated carbocycles. The van der Waals surface area contributed by atoms with Crippen LogP contribution in [-0.4, -0.2) is 42.1 Å². The van der Waals surface area contributed by atoms with Gasteiger partial charge in [-0.25, -0.2) is 8.42 Å². The summed E-state index contributed by atoms with van der Waals surface area (Å²) in [4.78, 5) is 11.1. The average Bonchev–Trinajstić information content (AvgIpc) is 2.58. The predicted molar refractivity (Wildman–Crippen MR) is 58.5 cm³/mol. The molecule has 0 bridgehead atoms. The molecule has 0 aromatic rings. The molecule has 0 spiro atoms. The molecule has 2 rings (SSSR count). The molecule has 0 aromatic heterocycles. The summed E-state index contributed by atoms with van der Waals surface area (Å²) >= 11 is 0. The van der Waals surface area contributed by atoms with Gasteiger partial charge in [0, 0.05) is 12.6 Å². The van der Waals surface area contributed by atoms with Crippen molar-refractivity contribution in [1.29, 1.82) is 0 Å². The third-order valence-electron chi connectivity index (χ3n) is 3.55. The van der Waals surface area contributed by atoms with E-state index in [0.717, 1.165) is 12.8 Å². The summed E-state index contributed by atoms with van der Waals surface area (Å²) in [7, 11) is -3.18. The quantitative estimate of drug-likeness (QED) is 0.778. The van der Waals surface area contributed by atoms with Crippen molar-refractivity contribution in [3.8, 4) is 0 Å². The van der Waals surface area contributed by atoms with Crippen LogP contribution in [-0.2, 0) is 14.8 Å². The summed E-state index contributed by atoms with van der Waals surface area (Å²) in [6, 6.07) is -0.307. The highest BCUT2D eigenvalue weighted by Crippen LogP contribution is 2.32. The molecular formula is C10H17NO4S. The fourth-order valence-electron chi connectivity index (χ4n) is 2.78. The number of hydrogen-bond acceptors (Lipinski definition) is 3. The van der Waals surface area contributed by atoms with Crippen LogP contribution in [0.5, 0.6) is 0 Å². The zero-order valence-corrected chi connectivity index (χ0v) is 9.95. The van der Waals surface area contributed by atoms with Crippen molar-refractivity contribution in [3.05, 3.63) is 0 Å². The number of hydrogen-bond donors (Lipinski definition) is 1. The summed E-state index contributed by atoms with van der Waals surface area (Å²) in [6.07, 6.45) is 3.75. The van der Waals surface area contributed by atoms with Gasteiger partial charge >= 0.3 is 5.97 Å². The third kappa shape index (κ3) is 2.08. The van der Waals surface area contributed by atoms with Gasteiger partial charge in [-0.15, -0.1) is 0 Å². The van der Waals surface area contributed by atoms with E-state index in [1.165, 1.54) is 4.31 Å². The summed E-state index contributed by atoms with van der Waals surface area (Å²) in [5.74, 6) is -1.19. The lowest BCUT2D eigenvalue weighted by Crippen LogP contribution is -2.46. The van der Waals surface area contributed by atoms with E-state index < -0.39 is 21.9 Å². The Morgan fingerprint density at radius 2 is 1.88 bits per heavy atom. The second kappa shape index (κ2) is 4.33. The van der Waals surface area contributed by atoms with Gasteiger partial charge in [0.15, 0.2) is 0 Å². The van der Waals surface area contributed by atoms with Crippen molar-refractivity contribution in [3.63, 3.8) is 0 Å². The van der Waals surface area contributed by atoms with Gasteiger partial charge in [-0.2, -0.15) is 4.31 Å². The van der Waals surface area contributed by atoms with Crippen molar-refractivity contribution >= 4 is 16.0 Å². The van der Waals surface area contributed by atoms with Crippen molar-refractivity contribution in [1.82, 2.24) is 4.31 Å². The number of rotatable bonds is 2. The third-order valence-corrected chi connectivity index (χ3v) is 5.53. The minimum absolute atomic E-state index is 0.176. The zero-order chi connectivity index (χ0) is 11.8. The maximum atomic E-state index is 11.8. The standard InChI is InChI=1S/C10H17NO4S/c12-10(13)8-4-1-2-5-9(8)11-6-3-7-16(11,14)15/h8-9H,1-7H2,(H,12,13). The number of nitrogens with zero attached hydrogens (tertiary/aromatic N) is 1. The van der Waals surface area contributed by atoms with Crippen LogP contribution in [0.4, 0.5) is 0 Å². The molecular weight excluding hydrogens is 230 g/mol. The van der Waals surface area contributed by atoms with Crippen LogP contribution < -0.4 is 0 Å². The Hall–Kier alpha value is -0.620. The lowest BCUT2D eigenvalue weighted by Gasteiger charge is -2.34. The molecule has 2 unspecified atom stereocenters. The first-order chi connectivity index (χ1) is 7.52. The second-order valence-corrected chi connectivity index (χ2v) is 6.62. The maximum Gasteiger partial charge on any atom is 0.308 e. The first-order valence-electron chi connectivity index (χ1n) is 5.75. The molecule has 1 heterocycles. The minimum atomic E-state index is -3.18. The molecule has 0 aromatic carbocycles. The SMILES string of the molecule is O=C(O)C1CCCCC1N1CCCS1(=O)=O. The Morgan fingerprint density at radius 3 is 2.44 bits per heavy atom. The highest BCUT2D eigenvalue weighted by Gasteiger charge is 2.42. The molecule has 1 N–H and O–H groups in total. The van der Waals surface area contributed by atoms with Gasteiger partial charge in [-0.3, -0.25) is 4.79 Å². The minimum Gasteiger partial charge on any atom is -0.481 e. The number of sulfonamides is 1. The fraction of sp³-hybridized carbons (Fsp3) is 0.900. The largest absolute Gasteiger partial charge is 0.481 e. The van der Waals surface area contributed by atoms with Crippen LogP contribution in [0.25, 0.3) is 0 Å². The molecule has 2 fully saturated rings. The molecule has 1 aliphatic heterocycles. The molecule has 92 valence electrons. The van der Waals surface area contributed by atoms with Gasteiger partial charge in [0.2, 0.25) is 10.0 Å². The summed E-state index contributed by atoms with van der Waals surface area (Å²) in [5.41, 5.74) is 0. The van der Waals surface area contributed by atoms with Crippen molar-refractivity contribution < 1.29 is 18.3 Å². The molecule has 1 aliphatic carbocycles. The molecule has 1 saturated heterocycles. The number of aliphatic carboxylic acids is 1. The van der Waals surface area contributed by atoms with E-state index in [1.54, 1.807) is 0 Å². The molecule has 0 amide bonds. The Balaban J connectivity index is 2.20. The molecule has 2 aliphatic rings. The Bertz CT molecular complexity index is 378. The average molecular weight is 247 g/mol. The van der Waals surface area contributed by atoms with E-state index >= 15 is 0 Å². The zero-order valence-electron chi connectivity index (χ0n) is 9.13. The number of carboxylic acid groups (broad SMARTS) is 1. The van der Waals surface area contributed by atoms with E-state index in [2.05, 4.69) is 0 Å². The lowest BCUT2D eigenvalue weighted by molar-refractivity contribution is -0.144. The molecule has 6 heteroatoms. The van der Waals surface area contributed by atoms with Gasteiger partial charge in [0.05, 0.1) is 11.7 Å². The van der Waals surface area contributed by atoms with Crippen LogP contribution in [0.15, 0.2) is 0 Å². The van der Waals surface area contributed by atoms with Crippen molar-refractivity contribution in [2.24, 2.45) is 5.92 Å². The normalized spacial score (nSPS) is 35.0. The first-order valence-corrected chi connectivity index (χ1v) is 7.35. The van der Waals surface area contributed by atoms with E-state index in [4.69, 9.17) is 5.11 Å². The molecule has 0 radical (unpaired) electrons. The summed E-state index contributed by atoms with van der Waals surface area (Å²) in [5, 5.41) is 9.12. The Morgan fingerprint density at radius 1 is 1.19 bits per heavy atom. The summed E-state index contributed by atoms with van der Waals surface area (Å²) in [6.45, 7) is 0.497. The molecule has 5 nitrogen and oxygen atoms in total. The highest BCUT2D eigenvalue weighted by atomic mass is 32.2. The van der Waals surface area contributed by atoms with E-state index in [-0.39, 0.29) is 11.8 Å². The van der Waals surface area contributed by atoms with Crippen LogP contribution >= 0.6 is 0 Å². The van der Waals surface area contributed by atoms with Gasteiger partial charge in [-0.05, 0) is 19.3 Å².